The van der Waals surface area contributed by atoms with Crippen LogP contribution < -0.4 is 0 Å². The Labute approximate surface area is 136 Å². The fourth-order valence-electron chi connectivity index (χ4n) is 3.08. The predicted molar refractivity (Wildman–Crippen MR) is 86.7 cm³/mol. The number of hydrogen-bond acceptors (Lipinski definition) is 4. The van der Waals surface area contributed by atoms with Gasteiger partial charge in [0.2, 0.25) is 0 Å². The van der Waals surface area contributed by atoms with Crippen molar-refractivity contribution >= 4 is 27.3 Å². The van der Waals surface area contributed by atoms with Crippen LogP contribution in [0.25, 0.3) is 0 Å². The summed E-state index contributed by atoms with van der Waals surface area (Å²) in [4.78, 5) is 14.3. The molecule has 0 spiro atoms. The molecule has 1 amide bonds. The summed E-state index contributed by atoms with van der Waals surface area (Å²) in [6.45, 7) is 2.75. The molecule has 0 bridgehead atoms. The van der Waals surface area contributed by atoms with Crippen LogP contribution in [0, 0.1) is 0 Å². The lowest BCUT2D eigenvalue weighted by Gasteiger charge is -2.26. The second-order valence-corrected chi connectivity index (χ2v) is 9.05. The van der Waals surface area contributed by atoms with E-state index in [4.69, 9.17) is 0 Å². The van der Waals surface area contributed by atoms with Gasteiger partial charge in [-0.2, -0.15) is 4.31 Å². The van der Waals surface area contributed by atoms with Crippen LogP contribution in [0.5, 0.6) is 0 Å². The van der Waals surface area contributed by atoms with Crippen molar-refractivity contribution in [3.63, 3.8) is 0 Å². The Balaban J connectivity index is 1.76. The summed E-state index contributed by atoms with van der Waals surface area (Å²) < 4.78 is 27.1. The Kier molecular flexibility index (Phi) is 4.84. The Morgan fingerprint density at radius 1 is 0.955 bits per heavy atom. The van der Waals surface area contributed by atoms with Crippen LogP contribution in [0.4, 0.5) is 0 Å². The highest BCUT2D eigenvalue weighted by molar-refractivity contribution is 7.91. The van der Waals surface area contributed by atoms with E-state index in [0.29, 0.717) is 22.9 Å². The standard InChI is InChI=1S/C15H22N2O3S2/c18-15(16-7-3-1-4-8-16)13-11-14(21-12-13)22(19,20)17-9-5-2-6-10-17/h11-12H,1-10H2. The van der Waals surface area contributed by atoms with Gasteiger partial charge in [-0.25, -0.2) is 8.42 Å². The fourth-order valence-corrected chi connectivity index (χ4v) is 5.90. The van der Waals surface area contributed by atoms with Gasteiger partial charge in [0.1, 0.15) is 4.21 Å². The summed E-state index contributed by atoms with van der Waals surface area (Å²) in [6.07, 6.45) is 6.18. The summed E-state index contributed by atoms with van der Waals surface area (Å²) in [5.41, 5.74) is 0.516. The maximum Gasteiger partial charge on any atom is 0.254 e. The third-order valence-corrected chi connectivity index (χ3v) is 7.69. The first-order valence-corrected chi connectivity index (χ1v) is 10.3. The highest BCUT2D eigenvalue weighted by Gasteiger charge is 2.29. The van der Waals surface area contributed by atoms with Gasteiger partial charge in [0, 0.05) is 31.6 Å². The molecule has 2 fully saturated rings. The summed E-state index contributed by atoms with van der Waals surface area (Å²) in [5, 5.41) is 1.69. The molecule has 0 unspecified atom stereocenters. The lowest BCUT2D eigenvalue weighted by Crippen LogP contribution is -2.36. The topological polar surface area (TPSA) is 57.7 Å². The molecular weight excluding hydrogens is 320 g/mol. The van der Waals surface area contributed by atoms with Crippen LogP contribution in [-0.4, -0.2) is 49.7 Å². The minimum Gasteiger partial charge on any atom is -0.339 e. The first kappa shape index (κ1) is 16.0. The fraction of sp³-hybridized carbons (Fsp3) is 0.667. The highest BCUT2D eigenvalue weighted by atomic mass is 32.2. The molecule has 1 aromatic rings. The molecule has 0 radical (unpaired) electrons. The largest absolute Gasteiger partial charge is 0.339 e. The van der Waals surface area contributed by atoms with Gasteiger partial charge in [0.25, 0.3) is 15.9 Å². The average molecular weight is 342 g/mol. The third kappa shape index (κ3) is 3.21. The molecule has 7 heteroatoms. The minimum absolute atomic E-state index is 0.0314. The van der Waals surface area contributed by atoms with Crippen LogP contribution in [0.3, 0.4) is 0 Å². The summed E-state index contributed by atoms with van der Waals surface area (Å²) in [5.74, 6) is -0.0314. The molecule has 2 aliphatic rings. The van der Waals surface area contributed by atoms with Gasteiger partial charge < -0.3 is 4.90 Å². The van der Waals surface area contributed by atoms with E-state index in [2.05, 4.69) is 0 Å². The molecular formula is C15H22N2O3S2. The van der Waals surface area contributed by atoms with Crippen molar-refractivity contribution in [3.8, 4) is 0 Å². The van der Waals surface area contributed by atoms with Gasteiger partial charge in [-0.3, -0.25) is 4.79 Å². The number of carbonyl (C=O) groups excluding carboxylic acids is 1. The van der Waals surface area contributed by atoms with Crippen molar-refractivity contribution in [2.45, 2.75) is 42.7 Å². The third-order valence-electron chi connectivity index (χ3n) is 4.37. The molecule has 5 nitrogen and oxygen atoms in total. The molecule has 0 saturated carbocycles. The van der Waals surface area contributed by atoms with E-state index >= 15 is 0 Å². The normalized spacial score (nSPS) is 21.0. The van der Waals surface area contributed by atoms with Gasteiger partial charge in [-0.05, 0) is 38.2 Å². The Morgan fingerprint density at radius 2 is 1.55 bits per heavy atom. The molecule has 0 aliphatic carbocycles. The number of thiophene rings is 1. The molecule has 122 valence electrons. The molecule has 0 aromatic carbocycles. The monoisotopic (exact) mass is 342 g/mol. The highest BCUT2D eigenvalue weighted by Crippen LogP contribution is 2.27. The zero-order valence-corrected chi connectivity index (χ0v) is 14.3. The van der Waals surface area contributed by atoms with Crippen LogP contribution in [0.1, 0.15) is 48.9 Å². The van der Waals surface area contributed by atoms with E-state index in [1.807, 2.05) is 4.90 Å². The number of hydrogen-bond donors (Lipinski definition) is 0. The molecule has 2 saturated heterocycles. The lowest BCUT2D eigenvalue weighted by molar-refractivity contribution is 0.0725. The van der Waals surface area contributed by atoms with Crippen LogP contribution >= 0.6 is 11.3 Å². The van der Waals surface area contributed by atoms with E-state index < -0.39 is 10.0 Å². The second-order valence-electron chi connectivity index (χ2n) is 5.97. The number of piperidine rings is 2. The van der Waals surface area contributed by atoms with Crippen LogP contribution in [0.2, 0.25) is 0 Å². The van der Waals surface area contributed by atoms with Crippen molar-refractivity contribution in [3.05, 3.63) is 17.0 Å². The van der Waals surface area contributed by atoms with Crippen molar-refractivity contribution in [2.24, 2.45) is 0 Å². The molecule has 1 aromatic heterocycles. The number of likely N-dealkylation sites (tertiary alicyclic amines) is 1. The van der Waals surface area contributed by atoms with Gasteiger partial charge in [0.15, 0.2) is 0 Å². The van der Waals surface area contributed by atoms with E-state index in [1.165, 1.54) is 17.8 Å². The van der Waals surface area contributed by atoms with Crippen LogP contribution in [0.15, 0.2) is 15.7 Å². The predicted octanol–water partition coefficient (Wildman–Crippen LogP) is 2.55. The molecule has 22 heavy (non-hydrogen) atoms. The summed E-state index contributed by atoms with van der Waals surface area (Å²) in [7, 11) is -3.42. The maximum atomic E-state index is 12.6. The van der Waals surface area contributed by atoms with Crippen molar-refractivity contribution in [1.29, 1.82) is 0 Å². The number of amides is 1. The minimum atomic E-state index is -3.42. The SMILES string of the molecule is O=C(c1csc(S(=O)(=O)N2CCCCC2)c1)N1CCCCC1. The zero-order valence-electron chi connectivity index (χ0n) is 12.7. The number of sulfonamides is 1. The number of nitrogens with zero attached hydrogens (tertiary/aromatic N) is 2. The van der Waals surface area contributed by atoms with Crippen LogP contribution in [-0.2, 0) is 10.0 Å². The molecule has 3 heterocycles. The van der Waals surface area contributed by atoms with Gasteiger partial charge >= 0.3 is 0 Å². The molecule has 3 rings (SSSR count). The molecule has 0 N–H and O–H groups in total. The van der Waals surface area contributed by atoms with Gasteiger partial charge in [-0.1, -0.05) is 6.42 Å². The second kappa shape index (κ2) is 6.68. The first-order chi connectivity index (χ1) is 10.6. The quantitative estimate of drug-likeness (QED) is 0.848. The summed E-state index contributed by atoms with van der Waals surface area (Å²) >= 11 is 1.17. The lowest BCUT2D eigenvalue weighted by atomic mass is 10.1. The Morgan fingerprint density at radius 3 is 2.18 bits per heavy atom. The Hall–Kier alpha value is -0.920. The smallest absolute Gasteiger partial charge is 0.254 e. The van der Waals surface area contributed by atoms with Gasteiger partial charge in [0.05, 0.1) is 5.56 Å². The van der Waals surface area contributed by atoms with Crippen molar-refractivity contribution in [2.75, 3.05) is 26.2 Å². The van der Waals surface area contributed by atoms with E-state index in [0.717, 1.165) is 45.2 Å². The first-order valence-electron chi connectivity index (χ1n) is 7.97. The zero-order chi connectivity index (χ0) is 15.6. The number of carbonyl (C=O) groups is 1. The van der Waals surface area contributed by atoms with E-state index in [1.54, 1.807) is 15.8 Å². The average Bonchev–Trinajstić information content (AvgIpc) is 3.06. The Bertz CT molecular complexity index is 627. The molecule has 2 aliphatic heterocycles. The van der Waals surface area contributed by atoms with Gasteiger partial charge in [-0.15, -0.1) is 11.3 Å². The van der Waals surface area contributed by atoms with E-state index in [-0.39, 0.29) is 5.91 Å². The van der Waals surface area contributed by atoms with Crippen molar-refractivity contribution in [1.82, 2.24) is 9.21 Å². The number of rotatable bonds is 3. The van der Waals surface area contributed by atoms with E-state index in [9.17, 15) is 13.2 Å². The summed E-state index contributed by atoms with van der Waals surface area (Å²) in [6, 6.07) is 1.56. The van der Waals surface area contributed by atoms with Crippen molar-refractivity contribution < 1.29 is 13.2 Å². The molecule has 0 atom stereocenters. The maximum absolute atomic E-state index is 12.6.